The van der Waals surface area contributed by atoms with Crippen LogP contribution in [-0.4, -0.2) is 70.2 Å². The van der Waals surface area contributed by atoms with Gasteiger partial charge in [-0.3, -0.25) is 20.2 Å². The fourth-order valence-electron chi connectivity index (χ4n) is 4.16. The molecule has 0 spiro atoms. The smallest absolute Gasteiger partial charge is 0.342 e. The van der Waals surface area contributed by atoms with Crippen molar-refractivity contribution in [1.82, 2.24) is 16.0 Å². The first-order chi connectivity index (χ1) is 14.7. The van der Waals surface area contributed by atoms with Crippen molar-refractivity contribution in [2.24, 2.45) is 5.92 Å². The number of aliphatic hydroxyl groups excluding tert-OH is 1. The minimum absolute atomic E-state index is 0.139. The van der Waals surface area contributed by atoms with Crippen LogP contribution in [0.25, 0.3) is 0 Å². The zero-order chi connectivity index (χ0) is 22.7. The number of benzene rings is 1. The number of aliphatic carboxylic acids is 1. The van der Waals surface area contributed by atoms with Crippen LogP contribution in [-0.2, 0) is 20.7 Å². The van der Waals surface area contributed by atoms with Crippen LogP contribution in [0, 0.1) is 5.92 Å². The van der Waals surface area contributed by atoms with Gasteiger partial charge in [-0.05, 0) is 24.0 Å². The van der Waals surface area contributed by atoms with Gasteiger partial charge in [0.1, 0.15) is 23.5 Å². The maximum Gasteiger partial charge on any atom is 0.342 e. The predicted octanol–water partition coefficient (Wildman–Crippen LogP) is -0.272. The van der Waals surface area contributed by atoms with Gasteiger partial charge in [-0.15, -0.1) is 0 Å². The summed E-state index contributed by atoms with van der Waals surface area (Å²) in [5.74, 6) is -2.18. The van der Waals surface area contributed by atoms with E-state index in [2.05, 4.69) is 16.0 Å². The van der Waals surface area contributed by atoms with Crippen molar-refractivity contribution in [2.75, 3.05) is 6.67 Å². The summed E-state index contributed by atoms with van der Waals surface area (Å²) < 4.78 is 5.56. The average molecular weight is 435 g/mol. The van der Waals surface area contributed by atoms with Gasteiger partial charge in [0.15, 0.2) is 0 Å². The quantitative estimate of drug-likeness (QED) is 0.317. The summed E-state index contributed by atoms with van der Waals surface area (Å²) in [6.07, 6.45) is -1.34. The number of rotatable bonds is 7. The molecule has 0 saturated carbocycles. The third kappa shape index (κ3) is 5.33. The van der Waals surface area contributed by atoms with Crippen LogP contribution in [0.3, 0.4) is 0 Å². The monoisotopic (exact) mass is 435 g/mol. The first-order valence-corrected chi connectivity index (χ1v) is 10.4. The Hall–Kier alpha value is -2.69. The lowest BCUT2D eigenvalue weighted by Gasteiger charge is -2.37. The van der Waals surface area contributed by atoms with Gasteiger partial charge in [-0.1, -0.05) is 26.0 Å². The minimum Gasteiger partial charge on any atom is -0.507 e. The average Bonchev–Trinajstić information content (AvgIpc) is 2.68. The Morgan fingerprint density at radius 2 is 2.03 bits per heavy atom. The highest BCUT2D eigenvalue weighted by Gasteiger charge is 2.40. The molecule has 1 fully saturated rings. The van der Waals surface area contributed by atoms with Gasteiger partial charge in [0, 0.05) is 19.1 Å². The van der Waals surface area contributed by atoms with E-state index in [1.807, 2.05) is 13.8 Å². The number of hydrogen-bond donors (Lipinski definition) is 6. The van der Waals surface area contributed by atoms with E-state index >= 15 is 0 Å². The van der Waals surface area contributed by atoms with Crippen LogP contribution in [0.2, 0.25) is 0 Å². The third-order valence-corrected chi connectivity index (χ3v) is 5.63. The van der Waals surface area contributed by atoms with Crippen molar-refractivity contribution in [2.45, 2.75) is 63.4 Å². The molecule has 1 saturated heterocycles. The molecule has 2 aliphatic heterocycles. The van der Waals surface area contributed by atoms with Gasteiger partial charge in [-0.25, -0.2) is 4.79 Å². The van der Waals surface area contributed by atoms with Crippen molar-refractivity contribution in [3.63, 3.8) is 0 Å². The summed E-state index contributed by atoms with van der Waals surface area (Å²) >= 11 is 0. The summed E-state index contributed by atoms with van der Waals surface area (Å²) in [5.41, 5.74) is 0.783. The molecule has 0 aliphatic carbocycles. The topological polar surface area (TPSA) is 157 Å². The van der Waals surface area contributed by atoms with Crippen LogP contribution in [0.15, 0.2) is 18.2 Å². The van der Waals surface area contributed by atoms with Crippen LogP contribution >= 0.6 is 0 Å². The Morgan fingerprint density at radius 1 is 1.29 bits per heavy atom. The zero-order valence-electron chi connectivity index (χ0n) is 17.5. The number of amides is 1. The van der Waals surface area contributed by atoms with E-state index in [-0.39, 0.29) is 30.3 Å². The number of carbonyl (C=O) groups excluding carboxylic acids is 2. The Kier molecular flexibility index (Phi) is 7.14. The molecule has 0 radical (unpaired) electrons. The molecule has 31 heavy (non-hydrogen) atoms. The maximum absolute atomic E-state index is 13.0. The van der Waals surface area contributed by atoms with Crippen molar-refractivity contribution in [1.29, 1.82) is 0 Å². The number of ether oxygens (including phenoxy) is 1. The van der Waals surface area contributed by atoms with E-state index in [4.69, 9.17) is 9.84 Å². The lowest BCUT2D eigenvalue weighted by atomic mass is 9.90. The molecular formula is C21H29N3O7. The second-order valence-electron chi connectivity index (χ2n) is 8.46. The SMILES string of the molecule is CC(C)CC(NC(=O)C1NCNC(CC(=O)O)C1O)C1Cc2cccc(O)c2C(=O)O1. The molecule has 5 unspecified atom stereocenters. The van der Waals surface area contributed by atoms with E-state index in [9.17, 15) is 24.6 Å². The normalized spacial score (nSPS) is 26.6. The number of fused-ring (bicyclic) bond motifs is 1. The van der Waals surface area contributed by atoms with Gasteiger partial charge in [0.05, 0.1) is 18.6 Å². The van der Waals surface area contributed by atoms with Gasteiger partial charge >= 0.3 is 11.9 Å². The number of phenolic OH excluding ortho intramolecular Hbond substituents is 1. The molecule has 6 N–H and O–H groups in total. The molecule has 1 amide bonds. The standard InChI is InChI=1S/C21H29N3O7/c1-10(2)6-12(15-7-11-4-3-5-14(25)17(11)21(30)31-15)24-20(29)18-19(28)13(8-16(26)27)22-9-23-18/h3-5,10,12-13,15,18-19,22-23,25,28H,6-9H2,1-2H3,(H,24,29)(H,26,27). The first kappa shape index (κ1) is 23.0. The fraction of sp³-hybridized carbons (Fsp3) is 0.571. The molecule has 10 heteroatoms. The minimum atomic E-state index is -1.24. The van der Waals surface area contributed by atoms with E-state index in [0.29, 0.717) is 18.4 Å². The van der Waals surface area contributed by atoms with Gasteiger partial charge in [0.25, 0.3) is 0 Å². The molecule has 10 nitrogen and oxygen atoms in total. The van der Waals surface area contributed by atoms with Gasteiger partial charge < -0.3 is 25.4 Å². The number of carboxylic acids is 1. The van der Waals surface area contributed by atoms with Gasteiger partial charge in [0.2, 0.25) is 5.91 Å². The number of phenols is 1. The Bertz CT molecular complexity index is 844. The highest BCUT2D eigenvalue weighted by molar-refractivity contribution is 5.95. The molecule has 1 aromatic rings. The van der Waals surface area contributed by atoms with Crippen molar-refractivity contribution in [3.8, 4) is 5.75 Å². The van der Waals surface area contributed by atoms with E-state index < -0.39 is 48.2 Å². The number of aliphatic hydroxyl groups is 1. The van der Waals surface area contributed by atoms with E-state index in [1.54, 1.807) is 12.1 Å². The molecular weight excluding hydrogens is 406 g/mol. The van der Waals surface area contributed by atoms with Gasteiger partial charge in [-0.2, -0.15) is 0 Å². The Labute approximate surface area is 180 Å². The predicted molar refractivity (Wildman–Crippen MR) is 109 cm³/mol. The molecule has 2 heterocycles. The van der Waals surface area contributed by atoms with Crippen molar-refractivity contribution in [3.05, 3.63) is 29.3 Å². The summed E-state index contributed by atoms with van der Waals surface area (Å²) in [6, 6.07) is 2.53. The van der Waals surface area contributed by atoms with E-state index in [0.717, 1.165) is 0 Å². The lowest BCUT2D eigenvalue weighted by Crippen LogP contribution is -2.66. The first-order valence-electron chi connectivity index (χ1n) is 10.4. The number of carbonyl (C=O) groups is 3. The summed E-state index contributed by atoms with van der Waals surface area (Å²) in [7, 11) is 0. The zero-order valence-corrected chi connectivity index (χ0v) is 17.5. The number of cyclic esters (lactones) is 1. The molecule has 1 aromatic carbocycles. The maximum atomic E-state index is 13.0. The highest BCUT2D eigenvalue weighted by Crippen LogP contribution is 2.30. The second kappa shape index (κ2) is 9.63. The molecule has 0 bridgehead atoms. The number of esters is 1. The number of nitrogens with one attached hydrogen (secondary N) is 3. The molecule has 5 atom stereocenters. The Morgan fingerprint density at radius 3 is 2.71 bits per heavy atom. The van der Waals surface area contributed by atoms with Crippen molar-refractivity contribution < 1.29 is 34.4 Å². The van der Waals surface area contributed by atoms with E-state index in [1.165, 1.54) is 6.07 Å². The fourth-order valence-corrected chi connectivity index (χ4v) is 4.16. The highest BCUT2D eigenvalue weighted by atomic mass is 16.5. The number of hydrogen-bond acceptors (Lipinski definition) is 8. The summed E-state index contributed by atoms with van der Waals surface area (Å²) in [4.78, 5) is 36.5. The second-order valence-corrected chi connectivity index (χ2v) is 8.46. The van der Waals surface area contributed by atoms with Crippen molar-refractivity contribution >= 4 is 17.8 Å². The molecule has 2 aliphatic rings. The van der Waals surface area contributed by atoms with Crippen LogP contribution in [0.4, 0.5) is 0 Å². The number of aromatic hydroxyl groups is 1. The largest absolute Gasteiger partial charge is 0.507 e. The number of carboxylic acid groups (broad SMARTS) is 1. The summed E-state index contributed by atoms with van der Waals surface area (Å²) in [6.45, 7) is 4.13. The van der Waals surface area contributed by atoms with Crippen LogP contribution in [0.1, 0.15) is 42.6 Å². The molecule has 0 aromatic heterocycles. The third-order valence-electron chi connectivity index (χ3n) is 5.63. The lowest BCUT2D eigenvalue weighted by molar-refractivity contribution is -0.140. The van der Waals surface area contributed by atoms with Crippen LogP contribution in [0.5, 0.6) is 5.75 Å². The van der Waals surface area contributed by atoms with Crippen LogP contribution < -0.4 is 16.0 Å². The Balaban J connectivity index is 1.75. The molecule has 170 valence electrons. The summed E-state index contributed by atoms with van der Waals surface area (Å²) in [5, 5.41) is 38.1. The molecule has 3 rings (SSSR count).